The van der Waals surface area contributed by atoms with Gasteiger partial charge in [-0.1, -0.05) is 30.3 Å². The van der Waals surface area contributed by atoms with E-state index >= 15 is 0 Å². The van der Waals surface area contributed by atoms with Gasteiger partial charge in [0, 0.05) is 16.8 Å². The first-order chi connectivity index (χ1) is 12.8. The van der Waals surface area contributed by atoms with E-state index in [1.165, 1.54) is 29.6 Å². The SMILES string of the molecule is O=C([O-])c1cccc(NS(=O)(=O)c2csc(C(=O)Nc3ccccc3)c2)c1. The van der Waals surface area contributed by atoms with E-state index in [1.807, 2.05) is 6.07 Å². The molecule has 0 atom stereocenters. The van der Waals surface area contributed by atoms with Gasteiger partial charge in [-0.2, -0.15) is 0 Å². The largest absolute Gasteiger partial charge is 0.545 e. The smallest absolute Gasteiger partial charge is 0.265 e. The second kappa shape index (κ2) is 7.60. The standard InChI is InChI=1S/C18H14N2O5S2/c21-17(19-13-6-2-1-3-7-13)16-10-15(11-26-16)27(24,25)20-14-8-4-5-12(9-14)18(22)23/h1-11,20H,(H,19,21)(H,22,23)/p-1. The van der Waals surface area contributed by atoms with Gasteiger partial charge in [-0.3, -0.25) is 9.52 Å². The number of para-hydroxylation sites is 1. The van der Waals surface area contributed by atoms with Crippen LogP contribution in [0.25, 0.3) is 0 Å². The zero-order valence-corrected chi connectivity index (χ0v) is 15.3. The maximum atomic E-state index is 12.5. The Bertz CT molecular complexity index is 1090. The number of rotatable bonds is 6. The van der Waals surface area contributed by atoms with Crippen LogP contribution in [0.15, 0.2) is 70.9 Å². The Morgan fingerprint density at radius 2 is 1.63 bits per heavy atom. The molecular weight excluding hydrogens is 388 g/mol. The molecule has 3 aromatic rings. The number of carboxylic acids is 1. The highest BCUT2D eigenvalue weighted by atomic mass is 32.2. The monoisotopic (exact) mass is 401 g/mol. The maximum Gasteiger partial charge on any atom is 0.265 e. The molecule has 0 saturated heterocycles. The van der Waals surface area contributed by atoms with Crippen molar-refractivity contribution in [2.24, 2.45) is 0 Å². The Morgan fingerprint density at radius 1 is 0.926 bits per heavy atom. The maximum absolute atomic E-state index is 12.5. The van der Waals surface area contributed by atoms with Crippen molar-refractivity contribution in [1.29, 1.82) is 0 Å². The number of amides is 1. The number of aromatic carboxylic acids is 1. The molecule has 2 aromatic carbocycles. The molecule has 0 saturated carbocycles. The molecule has 0 unspecified atom stereocenters. The summed E-state index contributed by atoms with van der Waals surface area (Å²) >= 11 is 0.987. The molecule has 7 nitrogen and oxygen atoms in total. The summed E-state index contributed by atoms with van der Waals surface area (Å²) in [6.45, 7) is 0. The third kappa shape index (κ3) is 4.52. The van der Waals surface area contributed by atoms with Crippen LogP contribution in [0.5, 0.6) is 0 Å². The number of carbonyl (C=O) groups excluding carboxylic acids is 2. The lowest BCUT2D eigenvalue weighted by Gasteiger charge is -2.09. The number of thiophene rings is 1. The van der Waals surface area contributed by atoms with E-state index in [0.29, 0.717) is 5.69 Å². The van der Waals surface area contributed by atoms with Gasteiger partial charge in [-0.05, 0) is 35.9 Å². The molecule has 0 radical (unpaired) electrons. The van der Waals surface area contributed by atoms with E-state index in [-0.39, 0.29) is 21.0 Å². The van der Waals surface area contributed by atoms with Crippen LogP contribution in [-0.4, -0.2) is 20.3 Å². The van der Waals surface area contributed by atoms with Crippen molar-refractivity contribution < 1.29 is 23.1 Å². The summed E-state index contributed by atoms with van der Waals surface area (Å²) in [5, 5.41) is 14.9. The van der Waals surface area contributed by atoms with E-state index in [9.17, 15) is 23.1 Å². The number of anilines is 2. The fourth-order valence-corrected chi connectivity index (χ4v) is 4.43. The summed E-state index contributed by atoms with van der Waals surface area (Å²) in [6, 6.07) is 15.3. The first kappa shape index (κ1) is 18.6. The molecule has 1 heterocycles. The van der Waals surface area contributed by atoms with Crippen molar-refractivity contribution in [1.82, 2.24) is 0 Å². The topological polar surface area (TPSA) is 115 Å². The van der Waals surface area contributed by atoms with E-state index in [2.05, 4.69) is 10.0 Å². The van der Waals surface area contributed by atoms with Crippen LogP contribution in [0.1, 0.15) is 20.0 Å². The van der Waals surface area contributed by atoms with Gasteiger partial charge in [0.15, 0.2) is 0 Å². The number of sulfonamides is 1. The van der Waals surface area contributed by atoms with Crippen molar-refractivity contribution in [2.45, 2.75) is 4.90 Å². The van der Waals surface area contributed by atoms with E-state index in [0.717, 1.165) is 17.4 Å². The summed E-state index contributed by atoms with van der Waals surface area (Å²) in [6.07, 6.45) is 0. The number of hydrogen-bond acceptors (Lipinski definition) is 6. The van der Waals surface area contributed by atoms with Crippen LogP contribution in [-0.2, 0) is 10.0 Å². The lowest BCUT2D eigenvalue weighted by Crippen LogP contribution is -2.22. The van der Waals surface area contributed by atoms with Crippen molar-refractivity contribution >= 4 is 44.6 Å². The first-order valence-electron chi connectivity index (χ1n) is 7.64. The fraction of sp³-hybridized carbons (Fsp3) is 0. The lowest BCUT2D eigenvalue weighted by atomic mass is 10.2. The Labute approximate surface area is 159 Å². The minimum absolute atomic E-state index is 0.0817. The Balaban J connectivity index is 1.77. The second-order valence-corrected chi connectivity index (χ2v) is 8.03. The summed E-state index contributed by atoms with van der Waals surface area (Å²) in [4.78, 5) is 23.3. The Kier molecular flexibility index (Phi) is 5.24. The number of carbonyl (C=O) groups is 2. The molecule has 0 aliphatic rings. The molecular formula is C18H13N2O5S2-. The molecule has 2 N–H and O–H groups in total. The molecule has 0 spiro atoms. The molecule has 27 heavy (non-hydrogen) atoms. The van der Waals surface area contributed by atoms with Gasteiger partial charge in [-0.15, -0.1) is 11.3 Å². The molecule has 0 bridgehead atoms. The van der Waals surface area contributed by atoms with Gasteiger partial charge >= 0.3 is 0 Å². The fourth-order valence-electron chi connectivity index (χ4n) is 2.22. The van der Waals surface area contributed by atoms with Crippen molar-refractivity contribution in [3.05, 3.63) is 76.5 Å². The van der Waals surface area contributed by atoms with Gasteiger partial charge in [0.2, 0.25) is 0 Å². The highest BCUT2D eigenvalue weighted by molar-refractivity contribution is 7.92. The zero-order valence-electron chi connectivity index (χ0n) is 13.7. The molecule has 3 rings (SSSR count). The predicted molar refractivity (Wildman–Crippen MR) is 100 cm³/mol. The summed E-state index contributed by atoms with van der Waals surface area (Å²) in [5.41, 5.74) is 0.527. The Morgan fingerprint density at radius 3 is 2.33 bits per heavy atom. The summed E-state index contributed by atoms with van der Waals surface area (Å²) in [7, 11) is -3.97. The zero-order chi connectivity index (χ0) is 19.4. The first-order valence-corrected chi connectivity index (χ1v) is 10.0. The molecule has 0 fully saturated rings. The summed E-state index contributed by atoms with van der Waals surface area (Å²) < 4.78 is 27.2. The number of hydrogen-bond donors (Lipinski definition) is 2. The second-order valence-electron chi connectivity index (χ2n) is 5.44. The van der Waals surface area contributed by atoms with Crippen LogP contribution in [0.4, 0.5) is 11.4 Å². The van der Waals surface area contributed by atoms with Crippen molar-refractivity contribution in [3.8, 4) is 0 Å². The average molecular weight is 401 g/mol. The van der Waals surface area contributed by atoms with Gasteiger partial charge < -0.3 is 15.2 Å². The highest BCUT2D eigenvalue weighted by Gasteiger charge is 2.19. The van der Waals surface area contributed by atoms with Gasteiger partial charge in [0.05, 0.1) is 15.7 Å². The molecule has 1 amide bonds. The minimum Gasteiger partial charge on any atom is -0.545 e. The van der Waals surface area contributed by atoms with Crippen LogP contribution in [0.3, 0.4) is 0 Å². The number of nitrogens with one attached hydrogen (secondary N) is 2. The van der Waals surface area contributed by atoms with Crippen molar-refractivity contribution in [2.75, 3.05) is 10.0 Å². The normalized spacial score (nSPS) is 11.0. The van der Waals surface area contributed by atoms with Crippen LogP contribution >= 0.6 is 11.3 Å². The quantitative estimate of drug-likeness (QED) is 0.657. The molecule has 138 valence electrons. The van der Waals surface area contributed by atoms with Crippen molar-refractivity contribution in [3.63, 3.8) is 0 Å². The van der Waals surface area contributed by atoms with Crippen LogP contribution < -0.4 is 15.1 Å². The molecule has 9 heteroatoms. The molecule has 1 aromatic heterocycles. The minimum atomic E-state index is -3.97. The number of carboxylic acid groups (broad SMARTS) is 1. The third-order valence-electron chi connectivity index (χ3n) is 3.49. The molecule has 0 aliphatic carbocycles. The number of benzene rings is 2. The third-order valence-corrected chi connectivity index (χ3v) is 5.93. The Hall–Kier alpha value is -3.17. The van der Waals surface area contributed by atoms with E-state index < -0.39 is 21.9 Å². The molecule has 0 aliphatic heterocycles. The van der Waals surface area contributed by atoms with E-state index in [1.54, 1.807) is 24.3 Å². The van der Waals surface area contributed by atoms with E-state index in [4.69, 9.17) is 0 Å². The van der Waals surface area contributed by atoms with Crippen LogP contribution in [0, 0.1) is 0 Å². The van der Waals surface area contributed by atoms with Gasteiger partial charge in [0.1, 0.15) is 0 Å². The van der Waals surface area contributed by atoms with Crippen LogP contribution in [0.2, 0.25) is 0 Å². The summed E-state index contributed by atoms with van der Waals surface area (Å²) in [5.74, 6) is -1.84. The predicted octanol–water partition coefficient (Wildman–Crippen LogP) is 2.16. The lowest BCUT2D eigenvalue weighted by molar-refractivity contribution is -0.255. The van der Waals surface area contributed by atoms with Gasteiger partial charge in [-0.25, -0.2) is 8.42 Å². The highest BCUT2D eigenvalue weighted by Crippen LogP contribution is 2.23. The average Bonchev–Trinajstić information content (AvgIpc) is 3.14. The van der Waals surface area contributed by atoms with Gasteiger partial charge in [0.25, 0.3) is 15.9 Å².